The van der Waals surface area contributed by atoms with Crippen molar-refractivity contribution in [3.05, 3.63) is 65.4 Å². The van der Waals surface area contributed by atoms with Gasteiger partial charge >= 0.3 is 0 Å². The molecular formula is C19H17N3O2. The molecule has 0 spiro atoms. The van der Waals surface area contributed by atoms with Crippen LogP contribution in [0.4, 0.5) is 0 Å². The number of aryl methyl sites for hydroxylation is 2. The number of amides is 1. The minimum absolute atomic E-state index is 0.207. The molecule has 2 N–H and O–H groups in total. The molecule has 0 saturated heterocycles. The minimum Gasteiger partial charge on any atom is -0.465 e. The van der Waals surface area contributed by atoms with Crippen LogP contribution in [0.5, 0.6) is 0 Å². The van der Waals surface area contributed by atoms with Crippen molar-refractivity contribution in [2.45, 2.75) is 20.4 Å². The molecule has 24 heavy (non-hydrogen) atoms. The first-order valence-electron chi connectivity index (χ1n) is 7.83. The van der Waals surface area contributed by atoms with E-state index >= 15 is 0 Å². The molecule has 5 heteroatoms. The molecule has 0 bridgehead atoms. The van der Waals surface area contributed by atoms with Gasteiger partial charge in [0.2, 0.25) is 0 Å². The predicted molar refractivity (Wildman–Crippen MR) is 93.0 cm³/mol. The van der Waals surface area contributed by atoms with Crippen molar-refractivity contribution in [1.29, 1.82) is 0 Å². The van der Waals surface area contributed by atoms with Crippen LogP contribution in [0.25, 0.3) is 21.8 Å². The summed E-state index contributed by atoms with van der Waals surface area (Å²) >= 11 is 0. The summed E-state index contributed by atoms with van der Waals surface area (Å²) < 4.78 is 5.46. The quantitative estimate of drug-likeness (QED) is 0.602. The Morgan fingerprint density at radius 1 is 1.12 bits per heavy atom. The van der Waals surface area contributed by atoms with Gasteiger partial charge in [0.15, 0.2) is 0 Å². The number of aromatic nitrogens is 2. The average molecular weight is 319 g/mol. The van der Waals surface area contributed by atoms with Crippen molar-refractivity contribution in [1.82, 2.24) is 15.3 Å². The van der Waals surface area contributed by atoms with Crippen LogP contribution in [0.2, 0.25) is 0 Å². The van der Waals surface area contributed by atoms with E-state index in [1.807, 2.05) is 56.3 Å². The fourth-order valence-corrected chi connectivity index (χ4v) is 2.84. The first-order valence-corrected chi connectivity index (χ1v) is 7.83. The van der Waals surface area contributed by atoms with E-state index in [9.17, 15) is 4.79 Å². The molecule has 0 aliphatic heterocycles. The normalized spacial score (nSPS) is 11.2. The molecule has 3 aromatic heterocycles. The van der Waals surface area contributed by atoms with E-state index in [0.717, 1.165) is 39.0 Å². The summed E-state index contributed by atoms with van der Waals surface area (Å²) in [5.41, 5.74) is 3.23. The zero-order valence-electron chi connectivity index (χ0n) is 13.5. The van der Waals surface area contributed by atoms with Gasteiger partial charge in [0.1, 0.15) is 17.2 Å². The second-order valence-electron chi connectivity index (χ2n) is 5.95. The second kappa shape index (κ2) is 5.53. The number of fused-ring (bicyclic) bond motifs is 3. The number of nitrogens with zero attached hydrogens (tertiary/aromatic N) is 1. The van der Waals surface area contributed by atoms with Gasteiger partial charge in [-0.3, -0.25) is 4.79 Å². The topological polar surface area (TPSA) is 70.9 Å². The number of hydrogen-bond acceptors (Lipinski definition) is 3. The number of rotatable bonds is 3. The van der Waals surface area contributed by atoms with Gasteiger partial charge in [-0.05, 0) is 38.1 Å². The fourth-order valence-electron chi connectivity index (χ4n) is 2.84. The molecule has 1 aromatic carbocycles. The third kappa shape index (κ3) is 2.54. The summed E-state index contributed by atoms with van der Waals surface area (Å²) in [6.45, 7) is 4.22. The summed E-state index contributed by atoms with van der Waals surface area (Å²) in [6, 6.07) is 13.6. The summed E-state index contributed by atoms with van der Waals surface area (Å²) in [5, 5.41) is 4.86. The van der Waals surface area contributed by atoms with E-state index < -0.39 is 0 Å². The monoisotopic (exact) mass is 319 g/mol. The molecule has 3 heterocycles. The molecule has 0 atom stereocenters. The van der Waals surface area contributed by atoms with Crippen molar-refractivity contribution >= 4 is 27.7 Å². The van der Waals surface area contributed by atoms with Gasteiger partial charge in [0, 0.05) is 16.5 Å². The lowest BCUT2D eigenvalue weighted by Gasteiger charge is -2.01. The van der Waals surface area contributed by atoms with Gasteiger partial charge in [-0.15, -0.1) is 0 Å². The molecule has 0 aliphatic rings. The van der Waals surface area contributed by atoms with E-state index in [0.29, 0.717) is 12.2 Å². The van der Waals surface area contributed by atoms with Crippen LogP contribution in [0.15, 0.2) is 46.9 Å². The van der Waals surface area contributed by atoms with Crippen molar-refractivity contribution in [2.24, 2.45) is 0 Å². The molecule has 0 aliphatic carbocycles. The Hall–Kier alpha value is -3.08. The first-order chi connectivity index (χ1) is 11.6. The van der Waals surface area contributed by atoms with Crippen LogP contribution in [-0.2, 0) is 6.54 Å². The van der Waals surface area contributed by atoms with Gasteiger partial charge in [-0.1, -0.05) is 18.2 Å². The van der Waals surface area contributed by atoms with Crippen molar-refractivity contribution in [2.75, 3.05) is 0 Å². The lowest BCUT2D eigenvalue weighted by Crippen LogP contribution is -2.22. The van der Waals surface area contributed by atoms with E-state index in [2.05, 4.69) is 15.3 Å². The molecule has 4 aromatic rings. The Labute approximate surface area is 138 Å². The summed E-state index contributed by atoms with van der Waals surface area (Å²) in [5.74, 6) is 1.35. The number of aromatic amines is 1. The number of benzene rings is 1. The zero-order chi connectivity index (χ0) is 16.7. The van der Waals surface area contributed by atoms with Crippen LogP contribution in [-0.4, -0.2) is 15.9 Å². The Bertz CT molecular complexity index is 1060. The van der Waals surface area contributed by atoms with Gasteiger partial charge in [0.05, 0.1) is 17.6 Å². The molecule has 0 unspecified atom stereocenters. The summed E-state index contributed by atoms with van der Waals surface area (Å²) in [4.78, 5) is 20.2. The highest BCUT2D eigenvalue weighted by Gasteiger charge is 2.13. The van der Waals surface area contributed by atoms with Crippen LogP contribution < -0.4 is 5.32 Å². The Kier molecular flexibility index (Phi) is 3.34. The minimum atomic E-state index is -0.207. The molecule has 1 amide bonds. The summed E-state index contributed by atoms with van der Waals surface area (Å²) in [7, 11) is 0. The number of furan rings is 1. The molecule has 5 nitrogen and oxygen atoms in total. The highest BCUT2D eigenvalue weighted by atomic mass is 16.3. The number of carbonyl (C=O) groups is 1. The number of nitrogens with one attached hydrogen (secondary N) is 2. The Balaban J connectivity index is 1.65. The first kappa shape index (κ1) is 14.5. The van der Waals surface area contributed by atoms with Crippen molar-refractivity contribution in [3.8, 4) is 0 Å². The maximum atomic E-state index is 12.4. The van der Waals surface area contributed by atoms with Gasteiger partial charge in [-0.2, -0.15) is 0 Å². The second-order valence-corrected chi connectivity index (χ2v) is 5.95. The number of carbonyl (C=O) groups excluding carboxylic acids is 1. The molecule has 0 fully saturated rings. The van der Waals surface area contributed by atoms with Gasteiger partial charge in [-0.25, -0.2) is 4.98 Å². The van der Waals surface area contributed by atoms with E-state index in [1.54, 1.807) is 0 Å². The molecular weight excluding hydrogens is 302 g/mol. The number of pyridine rings is 1. The average Bonchev–Trinajstić information content (AvgIpc) is 3.18. The molecule has 0 radical (unpaired) electrons. The Morgan fingerprint density at radius 2 is 1.92 bits per heavy atom. The highest BCUT2D eigenvalue weighted by molar-refractivity contribution is 6.07. The van der Waals surface area contributed by atoms with Gasteiger partial charge in [0.25, 0.3) is 5.91 Å². The van der Waals surface area contributed by atoms with Crippen molar-refractivity contribution < 1.29 is 9.21 Å². The SMILES string of the molecule is Cc1ccc2ccc3cc(C(=O)NCc4ccc(C)o4)nc3c2[nH]1. The lowest BCUT2D eigenvalue weighted by atomic mass is 10.1. The Morgan fingerprint density at radius 3 is 2.71 bits per heavy atom. The number of hydrogen-bond donors (Lipinski definition) is 2. The summed E-state index contributed by atoms with van der Waals surface area (Å²) in [6.07, 6.45) is 0. The van der Waals surface area contributed by atoms with Crippen molar-refractivity contribution in [3.63, 3.8) is 0 Å². The van der Waals surface area contributed by atoms with Crippen LogP contribution in [0.3, 0.4) is 0 Å². The molecule has 4 rings (SSSR count). The van der Waals surface area contributed by atoms with E-state index in [-0.39, 0.29) is 5.91 Å². The predicted octanol–water partition coefficient (Wildman–Crippen LogP) is 3.86. The smallest absolute Gasteiger partial charge is 0.270 e. The fraction of sp³-hybridized carbons (Fsp3) is 0.158. The lowest BCUT2D eigenvalue weighted by molar-refractivity contribution is 0.0943. The van der Waals surface area contributed by atoms with Crippen LogP contribution in [0, 0.1) is 13.8 Å². The maximum absolute atomic E-state index is 12.4. The largest absolute Gasteiger partial charge is 0.465 e. The van der Waals surface area contributed by atoms with Crippen LogP contribution >= 0.6 is 0 Å². The third-order valence-electron chi connectivity index (χ3n) is 4.05. The molecule has 0 saturated carbocycles. The van der Waals surface area contributed by atoms with Crippen LogP contribution in [0.1, 0.15) is 27.7 Å². The van der Waals surface area contributed by atoms with E-state index in [4.69, 9.17) is 4.42 Å². The zero-order valence-corrected chi connectivity index (χ0v) is 13.5. The third-order valence-corrected chi connectivity index (χ3v) is 4.05. The van der Waals surface area contributed by atoms with E-state index in [1.165, 1.54) is 0 Å². The van der Waals surface area contributed by atoms with Gasteiger partial charge < -0.3 is 14.7 Å². The standard InChI is InChI=1S/C19H17N3O2/c1-11-3-5-13-6-7-14-9-16(22-18(14)17(13)21-11)19(23)20-10-15-8-4-12(2)24-15/h3-9,21H,10H2,1-2H3,(H,20,23). The molecule has 120 valence electrons. The number of H-pyrrole nitrogens is 1. The highest BCUT2D eigenvalue weighted by Crippen LogP contribution is 2.24. The maximum Gasteiger partial charge on any atom is 0.270 e.